The third-order valence-corrected chi connectivity index (χ3v) is 4.42. The van der Waals surface area contributed by atoms with Crippen molar-refractivity contribution in [2.75, 3.05) is 19.0 Å². The van der Waals surface area contributed by atoms with Crippen LogP contribution in [0, 0.1) is 0 Å². The zero-order valence-electron chi connectivity index (χ0n) is 10.3. The number of ether oxygens (including phenoxy) is 1. The van der Waals surface area contributed by atoms with E-state index >= 15 is 0 Å². The topological polar surface area (TPSA) is 47.3 Å². The third kappa shape index (κ3) is 2.84. The summed E-state index contributed by atoms with van der Waals surface area (Å²) in [4.78, 5) is 0.403. The molecule has 1 saturated carbocycles. The van der Waals surface area contributed by atoms with Crippen molar-refractivity contribution in [2.24, 2.45) is 5.73 Å². The summed E-state index contributed by atoms with van der Waals surface area (Å²) < 4.78 is 6.49. The molecule has 0 atom stereocenters. The van der Waals surface area contributed by atoms with Gasteiger partial charge in [0.2, 0.25) is 0 Å². The van der Waals surface area contributed by atoms with Crippen LogP contribution in [0.4, 0.5) is 5.69 Å². The summed E-state index contributed by atoms with van der Waals surface area (Å²) in [6.07, 6.45) is 3.50. The lowest BCUT2D eigenvalue weighted by atomic mass is 9.80. The summed E-state index contributed by atoms with van der Waals surface area (Å²) in [5.74, 6) is 0. The van der Waals surface area contributed by atoms with Gasteiger partial charge in [0.1, 0.15) is 4.99 Å². The lowest BCUT2D eigenvalue weighted by Crippen LogP contribution is -2.45. The van der Waals surface area contributed by atoms with Crippen LogP contribution in [0.5, 0.6) is 0 Å². The molecular weight excluding hydrogens is 312 g/mol. The molecule has 3 nitrogen and oxygen atoms in total. The van der Waals surface area contributed by atoms with Crippen LogP contribution in [-0.4, -0.2) is 24.2 Å². The number of hydrogen-bond donors (Lipinski definition) is 2. The maximum absolute atomic E-state index is 5.62. The van der Waals surface area contributed by atoms with E-state index < -0.39 is 0 Å². The summed E-state index contributed by atoms with van der Waals surface area (Å²) in [5, 5.41) is 3.41. The SMILES string of the molecule is COC1(CNc2ccc(C(N)=S)c(Br)c2)CCC1. The van der Waals surface area contributed by atoms with E-state index in [2.05, 4.69) is 21.2 Å². The first-order chi connectivity index (χ1) is 8.56. The minimum Gasteiger partial charge on any atom is -0.389 e. The fraction of sp³-hybridized carbons (Fsp3) is 0.462. The smallest absolute Gasteiger partial charge is 0.105 e. The Balaban J connectivity index is 2.02. The molecule has 0 spiro atoms. The Bertz CT molecular complexity index is 455. The Morgan fingerprint density at radius 1 is 1.56 bits per heavy atom. The normalized spacial score (nSPS) is 17.0. The molecule has 1 aromatic rings. The second-order valence-electron chi connectivity index (χ2n) is 4.65. The Morgan fingerprint density at radius 3 is 2.72 bits per heavy atom. The lowest BCUT2D eigenvalue weighted by molar-refractivity contribution is -0.0601. The molecular formula is C13H17BrN2OS. The number of anilines is 1. The van der Waals surface area contributed by atoms with Gasteiger partial charge in [-0.15, -0.1) is 0 Å². The molecule has 0 heterocycles. The number of methoxy groups -OCH3 is 1. The molecule has 1 fully saturated rings. The van der Waals surface area contributed by atoms with E-state index in [0.717, 1.165) is 35.1 Å². The average molecular weight is 329 g/mol. The fourth-order valence-electron chi connectivity index (χ4n) is 2.11. The highest BCUT2D eigenvalue weighted by Gasteiger charge is 2.36. The van der Waals surface area contributed by atoms with Crippen molar-refractivity contribution in [2.45, 2.75) is 24.9 Å². The molecule has 2 rings (SSSR count). The van der Waals surface area contributed by atoms with Gasteiger partial charge in [0.05, 0.1) is 5.60 Å². The molecule has 0 amide bonds. The summed E-state index contributed by atoms with van der Waals surface area (Å²) in [5.41, 5.74) is 7.55. The van der Waals surface area contributed by atoms with E-state index in [9.17, 15) is 0 Å². The van der Waals surface area contributed by atoms with Crippen molar-refractivity contribution < 1.29 is 4.74 Å². The average Bonchev–Trinajstić information content (AvgIpc) is 2.27. The van der Waals surface area contributed by atoms with Crippen LogP contribution in [-0.2, 0) is 4.74 Å². The number of hydrogen-bond acceptors (Lipinski definition) is 3. The second kappa shape index (κ2) is 5.55. The predicted octanol–water partition coefficient (Wildman–Crippen LogP) is 3.06. The molecule has 1 aliphatic carbocycles. The second-order valence-corrected chi connectivity index (χ2v) is 5.95. The number of halogens is 1. The predicted molar refractivity (Wildman–Crippen MR) is 82.1 cm³/mol. The summed E-state index contributed by atoms with van der Waals surface area (Å²) in [6, 6.07) is 5.91. The number of nitrogens with one attached hydrogen (secondary N) is 1. The zero-order chi connectivity index (χ0) is 13.2. The highest BCUT2D eigenvalue weighted by atomic mass is 79.9. The number of benzene rings is 1. The van der Waals surface area contributed by atoms with Crippen molar-refractivity contribution in [1.29, 1.82) is 0 Å². The molecule has 0 radical (unpaired) electrons. The first-order valence-electron chi connectivity index (χ1n) is 5.95. The molecule has 18 heavy (non-hydrogen) atoms. The van der Waals surface area contributed by atoms with E-state index in [1.807, 2.05) is 18.2 Å². The van der Waals surface area contributed by atoms with Gasteiger partial charge in [0, 0.05) is 29.4 Å². The first-order valence-corrected chi connectivity index (χ1v) is 7.15. The van der Waals surface area contributed by atoms with Gasteiger partial charge in [-0.05, 0) is 53.4 Å². The Morgan fingerprint density at radius 2 is 2.28 bits per heavy atom. The van der Waals surface area contributed by atoms with Gasteiger partial charge in [-0.3, -0.25) is 0 Å². The summed E-state index contributed by atoms with van der Waals surface area (Å²) >= 11 is 8.45. The maximum atomic E-state index is 5.62. The number of thiocarbonyl (C=S) groups is 1. The van der Waals surface area contributed by atoms with E-state index in [-0.39, 0.29) is 5.60 Å². The first kappa shape index (κ1) is 13.8. The van der Waals surface area contributed by atoms with Crippen LogP contribution in [0.2, 0.25) is 0 Å². The van der Waals surface area contributed by atoms with Crippen molar-refractivity contribution in [3.05, 3.63) is 28.2 Å². The Hall–Kier alpha value is -0.650. The van der Waals surface area contributed by atoms with Crippen LogP contribution >= 0.6 is 28.1 Å². The van der Waals surface area contributed by atoms with E-state index in [4.69, 9.17) is 22.7 Å². The Labute approximate surface area is 121 Å². The highest BCUT2D eigenvalue weighted by molar-refractivity contribution is 9.10. The van der Waals surface area contributed by atoms with Gasteiger partial charge < -0.3 is 15.8 Å². The van der Waals surface area contributed by atoms with Crippen molar-refractivity contribution >= 4 is 38.8 Å². The highest BCUT2D eigenvalue weighted by Crippen LogP contribution is 2.35. The number of nitrogens with two attached hydrogens (primary N) is 1. The van der Waals surface area contributed by atoms with Crippen LogP contribution in [0.1, 0.15) is 24.8 Å². The molecule has 0 unspecified atom stereocenters. The molecule has 1 aromatic carbocycles. The van der Waals surface area contributed by atoms with Crippen LogP contribution in [0.3, 0.4) is 0 Å². The summed E-state index contributed by atoms with van der Waals surface area (Å²) in [6.45, 7) is 0.836. The minimum atomic E-state index is 0.0221. The van der Waals surface area contributed by atoms with Crippen LogP contribution in [0.25, 0.3) is 0 Å². The zero-order valence-corrected chi connectivity index (χ0v) is 12.7. The monoisotopic (exact) mass is 328 g/mol. The third-order valence-electron chi connectivity index (χ3n) is 3.55. The molecule has 0 aromatic heterocycles. The molecule has 98 valence electrons. The van der Waals surface area contributed by atoms with E-state index in [1.54, 1.807) is 7.11 Å². The number of rotatable bonds is 5. The van der Waals surface area contributed by atoms with Crippen molar-refractivity contribution in [3.8, 4) is 0 Å². The van der Waals surface area contributed by atoms with E-state index in [0.29, 0.717) is 4.99 Å². The largest absolute Gasteiger partial charge is 0.389 e. The molecule has 0 bridgehead atoms. The Kier molecular flexibility index (Phi) is 4.25. The lowest BCUT2D eigenvalue weighted by Gasteiger charge is -2.40. The maximum Gasteiger partial charge on any atom is 0.105 e. The van der Waals surface area contributed by atoms with E-state index in [1.165, 1.54) is 6.42 Å². The molecule has 0 aliphatic heterocycles. The van der Waals surface area contributed by atoms with Gasteiger partial charge in [0.25, 0.3) is 0 Å². The van der Waals surface area contributed by atoms with Crippen molar-refractivity contribution in [3.63, 3.8) is 0 Å². The van der Waals surface area contributed by atoms with Crippen LogP contribution in [0.15, 0.2) is 22.7 Å². The standard InChI is InChI=1S/C13H17BrN2OS/c1-17-13(5-2-6-13)8-16-9-3-4-10(12(15)18)11(14)7-9/h3-4,7,16H,2,5-6,8H2,1H3,(H2,15,18). The van der Waals surface area contributed by atoms with Gasteiger partial charge in [-0.25, -0.2) is 0 Å². The van der Waals surface area contributed by atoms with Gasteiger partial charge in [-0.1, -0.05) is 12.2 Å². The van der Waals surface area contributed by atoms with Crippen LogP contribution < -0.4 is 11.1 Å². The molecule has 5 heteroatoms. The summed E-state index contributed by atoms with van der Waals surface area (Å²) in [7, 11) is 1.78. The fourth-order valence-corrected chi connectivity index (χ4v) is 3.01. The molecule has 0 saturated heterocycles. The minimum absolute atomic E-state index is 0.0221. The van der Waals surface area contributed by atoms with Crippen molar-refractivity contribution in [1.82, 2.24) is 0 Å². The van der Waals surface area contributed by atoms with Gasteiger partial charge in [0.15, 0.2) is 0 Å². The van der Waals surface area contributed by atoms with Gasteiger partial charge >= 0.3 is 0 Å². The molecule has 1 aliphatic rings. The quantitative estimate of drug-likeness (QED) is 0.815. The molecule has 3 N–H and O–H groups in total. The van der Waals surface area contributed by atoms with Gasteiger partial charge in [-0.2, -0.15) is 0 Å².